The number of para-hydroxylation sites is 2. The lowest BCUT2D eigenvalue weighted by Gasteiger charge is -2.32. The third-order valence-electron chi connectivity index (χ3n) is 15.1. The van der Waals surface area contributed by atoms with Crippen molar-refractivity contribution in [2.24, 2.45) is 4.99 Å². The van der Waals surface area contributed by atoms with Gasteiger partial charge in [0.05, 0.1) is 16.6 Å². The summed E-state index contributed by atoms with van der Waals surface area (Å²) in [4.78, 5) is 6.57. The highest BCUT2D eigenvalue weighted by molar-refractivity contribution is 7.22. The van der Waals surface area contributed by atoms with E-state index in [1.807, 2.05) is 57.3 Å². The Bertz CT molecular complexity index is 4080. The highest BCUT2D eigenvalue weighted by Crippen LogP contribution is 2.49. The van der Waals surface area contributed by atoms with Gasteiger partial charge in [-0.05, 0) is 145 Å². The van der Waals surface area contributed by atoms with Gasteiger partial charge < -0.3 is 14.5 Å². The van der Waals surface area contributed by atoms with Crippen molar-refractivity contribution in [3.8, 4) is 32.9 Å². The standard InChI is InChI=1S/C57H41N5S.C9H12.C4H8.C2H6/c1-4-15-36(16-5-1)55-58-56(37-17-6-2-7-18-37)60-57(59-55)40-19-14-22-42(33-40)62-48-25-12-10-23-43(48)46-34-38(27-30-49(46)62)39-28-31-50-47(35-39)53-51(61(50)41-20-8-3-9-21-41)32-29-45-44-24-11-13-26-52(44)63-54(45)53;1-3-9-7-5-4-6-8(9)2;1-3-4-2;1-2/h1-28,30-31,33-35,55,57,59H,29,32H2,(H,58,60);4-7H,3H2,1-2H3;3-4H,1-2H3;1-2H3/b;;4-3-;. The lowest BCUT2D eigenvalue weighted by atomic mass is 9.92. The molecule has 4 heterocycles. The minimum absolute atomic E-state index is 0.163. The summed E-state index contributed by atoms with van der Waals surface area (Å²) >= 11 is 1.95. The number of thiophene rings is 1. The van der Waals surface area contributed by atoms with E-state index in [0.717, 1.165) is 47.5 Å². The Labute approximate surface area is 463 Å². The number of aliphatic imine (C=N–C) groups is 1. The van der Waals surface area contributed by atoms with Crippen LogP contribution >= 0.6 is 11.3 Å². The first-order valence-corrected chi connectivity index (χ1v) is 28.5. The number of rotatable bonds is 7. The van der Waals surface area contributed by atoms with Crippen LogP contribution in [0.15, 0.2) is 242 Å². The first-order valence-electron chi connectivity index (χ1n) is 27.7. The first-order chi connectivity index (χ1) is 38.5. The second kappa shape index (κ2) is 23.4. The molecule has 0 bridgehead atoms. The number of nitrogens with one attached hydrogen (secondary N) is 2. The fourth-order valence-electron chi connectivity index (χ4n) is 11.2. The molecule has 386 valence electrons. The molecule has 1 aliphatic carbocycles. The van der Waals surface area contributed by atoms with E-state index in [4.69, 9.17) is 4.99 Å². The number of aryl methyl sites for hydroxylation is 3. The van der Waals surface area contributed by atoms with Crippen molar-refractivity contribution in [2.75, 3.05) is 0 Å². The smallest absolute Gasteiger partial charge is 0.131 e. The van der Waals surface area contributed by atoms with Crippen LogP contribution in [-0.2, 0) is 19.3 Å². The lowest BCUT2D eigenvalue weighted by molar-refractivity contribution is 0.409. The van der Waals surface area contributed by atoms with Crippen LogP contribution in [0, 0.1) is 6.92 Å². The molecule has 2 atom stereocenters. The minimum atomic E-state index is -0.198. The fourth-order valence-corrected chi connectivity index (χ4v) is 12.6. The van der Waals surface area contributed by atoms with Gasteiger partial charge in [-0.15, -0.1) is 11.3 Å². The Morgan fingerprint density at radius 3 is 1.82 bits per heavy atom. The van der Waals surface area contributed by atoms with Crippen LogP contribution in [0.25, 0.3) is 75.7 Å². The molecule has 3 aromatic heterocycles. The van der Waals surface area contributed by atoms with Crippen molar-refractivity contribution in [3.63, 3.8) is 0 Å². The van der Waals surface area contributed by atoms with Crippen LogP contribution in [-0.4, -0.2) is 15.0 Å². The summed E-state index contributed by atoms with van der Waals surface area (Å²) in [6, 6.07) is 81.2. The fraction of sp³-hybridized carbons (Fsp3) is 0.153. The van der Waals surface area contributed by atoms with Gasteiger partial charge in [-0.3, -0.25) is 5.32 Å². The lowest BCUT2D eigenvalue weighted by Crippen LogP contribution is -2.45. The van der Waals surface area contributed by atoms with Gasteiger partial charge in [0.15, 0.2) is 0 Å². The van der Waals surface area contributed by atoms with Crippen LogP contribution in [0.3, 0.4) is 0 Å². The largest absolute Gasteiger partial charge is 0.350 e. The number of benzene rings is 9. The van der Waals surface area contributed by atoms with E-state index < -0.39 is 0 Å². The molecule has 0 saturated carbocycles. The maximum Gasteiger partial charge on any atom is 0.131 e. The molecule has 6 heteroatoms. The molecule has 0 saturated heterocycles. The van der Waals surface area contributed by atoms with Crippen molar-refractivity contribution in [3.05, 3.63) is 276 Å². The highest BCUT2D eigenvalue weighted by Gasteiger charge is 2.29. The number of allylic oxidation sites excluding steroid dienone is 2. The molecule has 78 heavy (non-hydrogen) atoms. The molecule has 1 aliphatic heterocycles. The number of hydrogen-bond acceptors (Lipinski definition) is 4. The molecular weight excluding hydrogens is 967 g/mol. The maximum atomic E-state index is 5.15. The zero-order valence-electron chi connectivity index (χ0n) is 45.5. The van der Waals surface area contributed by atoms with Crippen LogP contribution in [0.5, 0.6) is 0 Å². The Hall–Kier alpha value is -8.55. The van der Waals surface area contributed by atoms with Crippen LogP contribution in [0.2, 0.25) is 0 Å². The number of hydrogen-bond donors (Lipinski definition) is 2. The Balaban J connectivity index is 0.000000380. The van der Waals surface area contributed by atoms with E-state index >= 15 is 0 Å². The summed E-state index contributed by atoms with van der Waals surface area (Å²) in [6.07, 6.45) is 6.85. The summed E-state index contributed by atoms with van der Waals surface area (Å²) < 4.78 is 6.31. The van der Waals surface area contributed by atoms with Crippen LogP contribution in [0.1, 0.15) is 86.0 Å². The number of nitrogens with zero attached hydrogens (tertiary/aromatic N) is 3. The van der Waals surface area contributed by atoms with Crippen molar-refractivity contribution in [1.82, 2.24) is 19.8 Å². The molecule has 0 fully saturated rings. The zero-order chi connectivity index (χ0) is 53.5. The van der Waals surface area contributed by atoms with E-state index in [2.05, 4.69) is 252 Å². The number of aromatic nitrogens is 2. The molecule has 14 rings (SSSR count). The van der Waals surface area contributed by atoms with Gasteiger partial charge in [0.25, 0.3) is 0 Å². The van der Waals surface area contributed by atoms with E-state index in [0.29, 0.717) is 0 Å². The van der Waals surface area contributed by atoms with Gasteiger partial charge in [0.1, 0.15) is 18.2 Å². The normalized spacial score (nSPS) is 14.6. The second-order valence-electron chi connectivity index (χ2n) is 19.7. The Kier molecular flexibility index (Phi) is 15.4. The third-order valence-corrected chi connectivity index (χ3v) is 16.3. The molecule has 0 spiro atoms. The average Bonchev–Trinajstić information content (AvgIpc) is 4.40. The van der Waals surface area contributed by atoms with E-state index in [9.17, 15) is 0 Å². The molecule has 9 aromatic carbocycles. The van der Waals surface area contributed by atoms with Crippen molar-refractivity contribution < 1.29 is 0 Å². The van der Waals surface area contributed by atoms with Gasteiger partial charge in [0.2, 0.25) is 0 Å². The molecule has 2 N–H and O–H groups in total. The Morgan fingerprint density at radius 2 is 1.12 bits per heavy atom. The topological polar surface area (TPSA) is 46.3 Å². The predicted octanol–water partition coefficient (Wildman–Crippen LogP) is 18.9. The minimum Gasteiger partial charge on any atom is -0.350 e. The summed E-state index contributed by atoms with van der Waals surface area (Å²) in [5, 5.41) is 12.7. The van der Waals surface area contributed by atoms with Gasteiger partial charge in [0, 0.05) is 53.9 Å². The quantitative estimate of drug-likeness (QED) is 0.156. The van der Waals surface area contributed by atoms with E-state index in [1.165, 1.54) is 92.4 Å². The SMILES string of the molecule is C/C=C\C.CC.CCc1ccccc1C.c1ccc(C2=NC(c3ccccc3)NC(c3cccc(-n4c5ccccc5c5cc(-c6ccc7c(c6)c6c(n7-c7ccccc7)CCc7c-6sc6ccccc76)ccc54)c3)N2)cc1. The summed E-state index contributed by atoms with van der Waals surface area (Å²) in [6.45, 7) is 12.3. The monoisotopic (exact) mass is 1030 g/mol. The van der Waals surface area contributed by atoms with Crippen molar-refractivity contribution in [1.29, 1.82) is 0 Å². The van der Waals surface area contributed by atoms with Gasteiger partial charge in [-0.2, -0.15) is 0 Å². The van der Waals surface area contributed by atoms with Gasteiger partial charge in [-0.1, -0.05) is 197 Å². The number of amidine groups is 1. The van der Waals surface area contributed by atoms with Gasteiger partial charge in [-0.25, -0.2) is 4.99 Å². The van der Waals surface area contributed by atoms with Crippen LogP contribution in [0.4, 0.5) is 0 Å². The maximum absolute atomic E-state index is 5.15. The molecular formula is C72H67N5S. The van der Waals surface area contributed by atoms with E-state index in [-0.39, 0.29) is 12.3 Å². The number of fused-ring (bicyclic) bond motifs is 10. The molecule has 5 nitrogen and oxygen atoms in total. The molecule has 2 aliphatic rings. The summed E-state index contributed by atoms with van der Waals surface area (Å²) in [5.41, 5.74) is 18.9. The van der Waals surface area contributed by atoms with Crippen molar-refractivity contribution >= 4 is 60.0 Å². The first kappa shape index (κ1) is 51.6. The summed E-state index contributed by atoms with van der Waals surface area (Å²) in [7, 11) is 0. The molecule has 2 unspecified atom stereocenters. The van der Waals surface area contributed by atoms with Crippen molar-refractivity contribution in [2.45, 2.75) is 73.1 Å². The van der Waals surface area contributed by atoms with Crippen LogP contribution < -0.4 is 10.6 Å². The predicted molar refractivity (Wildman–Crippen MR) is 335 cm³/mol. The van der Waals surface area contributed by atoms with E-state index in [1.54, 1.807) is 0 Å². The highest BCUT2D eigenvalue weighted by atomic mass is 32.1. The molecule has 12 aromatic rings. The third kappa shape index (κ3) is 10.0. The zero-order valence-corrected chi connectivity index (χ0v) is 46.4. The molecule has 0 radical (unpaired) electrons. The molecule has 0 amide bonds. The second-order valence-corrected chi connectivity index (χ2v) is 20.7. The van der Waals surface area contributed by atoms with Gasteiger partial charge >= 0.3 is 0 Å². The summed E-state index contributed by atoms with van der Waals surface area (Å²) in [5.74, 6) is 0.877. The average molecular weight is 1030 g/mol. The Morgan fingerprint density at radius 1 is 0.526 bits per heavy atom.